The number of fused-ring (bicyclic) bond motifs is 1. The number of thiophene rings is 1. The molecular formula is C19H21F2NO2S. The minimum absolute atomic E-state index is 0.0391. The van der Waals surface area contributed by atoms with E-state index in [0.29, 0.717) is 16.9 Å². The van der Waals surface area contributed by atoms with Crippen molar-refractivity contribution >= 4 is 17.3 Å². The number of carboxylic acids is 1. The fraction of sp³-hybridized carbons (Fsp3) is 0.421. The van der Waals surface area contributed by atoms with Crippen LogP contribution in [0.15, 0.2) is 12.1 Å². The molecule has 2 aromatic rings. The fourth-order valence-corrected chi connectivity index (χ4v) is 4.85. The zero-order valence-electron chi connectivity index (χ0n) is 14.5. The van der Waals surface area contributed by atoms with Gasteiger partial charge in [0, 0.05) is 27.4 Å². The zero-order valence-corrected chi connectivity index (χ0v) is 15.3. The second-order valence-corrected chi connectivity index (χ2v) is 8.38. The molecule has 0 unspecified atom stereocenters. The van der Waals surface area contributed by atoms with Crippen molar-refractivity contribution in [3.8, 4) is 10.4 Å². The SMILES string of the molecule is CNCc1c(-c2sc3c(c2C(=O)O)CC(C)(C)CC3)ccc(F)c1F. The molecule has 3 rings (SSSR count). The molecule has 0 spiro atoms. The molecule has 3 nitrogen and oxygen atoms in total. The molecule has 1 aromatic heterocycles. The first-order chi connectivity index (χ1) is 11.7. The predicted molar refractivity (Wildman–Crippen MR) is 95.2 cm³/mol. The molecule has 2 N–H and O–H groups in total. The molecule has 0 fully saturated rings. The Morgan fingerprint density at radius 2 is 2.08 bits per heavy atom. The van der Waals surface area contributed by atoms with Crippen molar-refractivity contribution in [2.75, 3.05) is 7.05 Å². The highest BCUT2D eigenvalue weighted by Gasteiger charge is 2.33. The lowest BCUT2D eigenvalue weighted by atomic mass is 9.76. The molecule has 134 valence electrons. The quantitative estimate of drug-likeness (QED) is 0.831. The van der Waals surface area contributed by atoms with Crippen molar-refractivity contribution in [2.24, 2.45) is 5.41 Å². The zero-order chi connectivity index (χ0) is 18.4. The van der Waals surface area contributed by atoms with E-state index in [4.69, 9.17) is 0 Å². The van der Waals surface area contributed by atoms with Crippen molar-refractivity contribution in [3.05, 3.63) is 45.3 Å². The number of aryl methyl sites for hydroxylation is 1. The summed E-state index contributed by atoms with van der Waals surface area (Å²) in [4.78, 5) is 13.6. The number of carboxylic acid groups (broad SMARTS) is 1. The maximum atomic E-state index is 14.3. The van der Waals surface area contributed by atoms with E-state index >= 15 is 0 Å². The average molecular weight is 365 g/mol. The maximum Gasteiger partial charge on any atom is 0.337 e. The van der Waals surface area contributed by atoms with Crippen LogP contribution in [0.1, 0.15) is 46.6 Å². The van der Waals surface area contributed by atoms with Gasteiger partial charge in [-0.1, -0.05) is 19.9 Å². The van der Waals surface area contributed by atoms with Crippen LogP contribution in [0.25, 0.3) is 10.4 Å². The first kappa shape index (κ1) is 18.0. The minimum atomic E-state index is -1.01. The fourth-order valence-electron chi connectivity index (χ4n) is 3.49. The van der Waals surface area contributed by atoms with Gasteiger partial charge in [-0.05, 0) is 43.4 Å². The highest BCUT2D eigenvalue weighted by molar-refractivity contribution is 7.16. The summed E-state index contributed by atoms with van der Waals surface area (Å²) >= 11 is 1.40. The summed E-state index contributed by atoms with van der Waals surface area (Å²) in [7, 11) is 1.65. The van der Waals surface area contributed by atoms with Gasteiger partial charge in [0.1, 0.15) is 0 Å². The summed E-state index contributed by atoms with van der Waals surface area (Å²) in [5.74, 6) is -2.85. The Morgan fingerprint density at radius 1 is 1.36 bits per heavy atom. The van der Waals surface area contributed by atoms with E-state index in [2.05, 4.69) is 19.2 Å². The predicted octanol–water partition coefficient (Wildman–Crippen LogP) is 4.63. The molecule has 6 heteroatoms. The number of aromatic carboxylic acids is 1. The Morgan fingerprint density at radius 3 is 2.72 bits per heavy atom. The summed E-state index contributed by atoms with van der Waals surface area (Å²) < 4.78 is 28.0. The Balaban J connectivity index is 2.24. The number of carbonyl (C=O) groups is 1. The minimum Gasteiger partial charge on any atom is -0.478 e. The molecule has 0 aliphatic heterocycles. The summed E-state index contributed by atoms with van der Waals surface area (Å²) in [5, 5.41) is 12.6. The number of hydrogen-bond acceptors (Lipinski definition) is 3. The van der Waals surface area contributed by atoms with E-state index in [1.807, 2.05) is 0 Å². The highest BCUT2D eigenvalue weighted by atomic mass is 32.1. The molecule has 0 saturated heterocycles. The molecule has 1 heterocycles. The molecule has 1 aromatic carbocycles. The third kappa shape index (κ3) is 3.20. The maximum absolute atomic E-state index is 14.3. The van der Waals surface area contributed by atoms with E-state index < -0.39 is 17.6 Å². The van der Waals surface area contributed by atoms with Gasteiger partial charge in [0.25, 0.3) is 0 Å². The first-order valence-corrected chi connectivity index (χ1v) is 9.06. The lowest BCUT2D eigenvalue weighted by Gasteiger charge is -2.29. The van der Waals surface area contributed by atoms with Gasteiger partial charge in [-0.25, -0.2) is 13.6 Å². The molecule has 25 heavy (non-hydrogen) atoms. The molecular weight excluding hydrogens is 344 g/mol. The smallest absolute Gasteiger partial charge is 0.337 e. The number of hydrogen-bond donors (Lipinski definition) is 2. The summed E-state index contributed by atoms with van der Waals surface area (Å²) in [6, 6.07) is 2.55. The van der Waals surface area contributed by atoms with Crippen molar-refractivity contribution in [1.82, 2.24) is 5.32 Å². The molecule has 1 aliphatic carbocycles. The summed E-state index contributed by atoms with van der Waals surface area (Å²) in [6.45, 7) is 4.39. The van der Waals surface area contributed by atoms with Crippen LogP contribution in [0.5, 0.6) is 0 Å². The van der Waals surface area contributed by atoms with Crippen LogP contribution < -0.4 is 5.32 Å². The number of benzene rings is 1. The van der Waals surface area contributed by atoms with Crippen molar-refractivity contribution < 1.29 is 18.7 Å². The second-order valence-electron chi connectivity index (χ2n) is 7.27. The van der Waals surface area contributed by atoms with Crippen LogP contribution in [0.2, 0.25) is 0 Å². The van der Waals surface area contributed by atoms with Gasteiger partial charge in [0.15, 0.2) is 11.6 Å². The monoisotopic (exact) mass is 365 g/mol. The first-order valence-electron chi connectivity index (χ1n) is 8.25. The van der Waals surface area contributed by atoms with Gasteiger partial charge in [0.2, 0.25) is 0 Å². The van der Waals surface area contributed by atoms with E-state index in [1.54, 1.807) is 7.05 Å². The van der Waals surface area contributed by atoms with Gasteiger partial charge in [-0.15, -0.1) is 11.3 Å². The van der Waals surface area contributed by atoms with Crippen molar-refractivity contribution in [1.29, 1.82) is 0 Å². The molecule has 0 amide bonds. The van der Waals surface area contributed by atoms with Crippen molar-refractivity contribution in [2.45, 2.75) is 39.7 Å². The highest BCUT2D eigenvalue weighted by Crippen LogP contribution is 2.46. The van der Waals surface area contributed by atoms with E-state index in [1.165, 1.54) is 17.4 Å². The summed E-state index contributed by atoms with van der Waals surface area (Å²) in [6.07, 6.45) is 2.49. The van der Waals surface area contributed by atoms with Crippen LogP contribution in [0.3, 0.4) is 0 Å². The Labute approximate surface area is 149 Å². The van der Waals surface area contributed by atoms with E-state index in [-0.39, 0.29) is 23.1 Å². The number of rotatable bonds is 4. The van der Waals surface area contributed by atoms with Crippen LogP contribution in [0.4, 0.5) is 8.78 Å². The van der Waals surface area contributed by atoms with Crippen LogP contribution in [-0.4, -0.2) is 18.1 Å². The van der Waals surface area contributed by atoms with Crippen LogP contribution >= 0.6 is 11.3 Å². The Bertz CT molecular complexity index is 842. The number of nitrogens with one attached hydrogen (secondary N) is 1. The lowest BCUT2D eigenvalue weighted by Crippen LogP contribution is -2.22. The van der Waals surface area contributed by atoms with Gasteiger partial charge in [0.05, 0.1) is 5.56 Å². The van der Waals surface area contributed by atoms with E-state index in [0.717, 1.165) is 29.3 Å². The molecule has 0 radical (unpaired) electrons. The molecule has 1 aliphatic rings. The average Bonchev–Trinajstić information content (AvgIpc) is 2.89. The topological polar surface area (TPSA) is 49.3 Å². The Hall–Kier alpha value is -1.79. The van der Waals surface area contributed by atoms with E-state index in [9.17, 15) is 18.7 Å². The molecule has 0 bridgehead atoms. The Kier molecular flexibility index (Phi) is 4.68. The molecule has 0 saturated carbocycles. The normalized spacial score (nSPS) is 15.9. The number of halogens is 2. The summed E-state index contributed by atoms with van der Waals surface area (Å²) in [5.41, 5.74) is 1.77. The lowest BCUT2D eigenvalue weighted by molar-refractivity contribution is 0.0696. The van der Waals surface area contributed by atoms with Crippen LogP contribution in [-0.2, 0) is 19.4 Å². The third-order valence-corrected chi connectivity index (χ3v) is 6.11. The van der Waals surface area contributed by atoms with Gasteiger partial charge in [-0.3, -0.25) is 0 Å². The largest absolute Gasteiger partial charge is 0.478 e. The van der Waals surface area contributed by atoms with Gasteiger partial charge < -0.3 is 10.4 Å². The van der Waals surface area contributed by atoms with Gasteiger partial charge in [-0.2, -0.15) is 0 Å². The second kappa shape index (κ2) is 6.50. The molecule has 0 atom stereocenters. The standard InChI is InChI=1S/C19H21F2NO2S/c1-19(2)7-6-14-11(8-19)15(18(23)24)17(25-14)10-4-5-13(20)16(21)12(10)9-22-3/h4-5,22H,6-9H2,1-3H3,(H,23,24). The van der Waals surface area contributed by atoms with Crippen molar-refractivity contribution in [3.63, 3.8) is 0 Å². The van der Waals surface area contributed by atoms with Crippen LogP contribution in [0, 0.1) is 17.0 Å². The third-order valence-electron chi connectivity index (χ3n) is 4.78. The van der Waals surface area contributed by atoms with Gasteiger partial charge >= 0.3 is 5.97 Å².